The van der Waals surface area contributed by atoms with E-state index in [-0.39, 0.29) is 18.1 Å². The predicted molar refractivity (Wildman–Crippen MR) is 66.1 cm³/mol. The number of nitrogens with zero attached hydrogens (tertiary/aromatic N) is 2. The third-order valence-electron chi connectivity index (χ3n) is 3.05. The van der Waals surface area contributed by atoms with Crippen LogP contribution < -0.4 is 5.32 Å². The van der Waals surface area contributed by atoms with Crippen LogP contribution in [-0.4, -0.2) is 55.1 Å². The Balaban J connectivity index is 2.50. The molecular weight excluding hydrogens is 202 g/mol. The van der Waals surface area contributed by atoms with Crippen LogP contribution in [0.5, 0.6) is 0 Å². The molecule has 0 radical (unpaired) electrons. The van der Waals surface area contributed by atoms with Gasteiger partial charge in [0.25, 0.3) is 0 Å². The second kappa shape index (κ2) is 5.64. The third-order valence-corrected chi connectivity index (χ3v) is 3.05. The highest BCUT2D eigenvalue weighted by molar-refractivity contribution is 5.83. The van der Waals surface area contributed by atoms with E-state index in [9.17, 15) is 4.79 Å². The maximum atomic E-state index is 11.9. The second-order valence-corrected chi connectivity index (χ2v) is 5.27. The number of amides is 1. The average molecular weight is 227 g/mol. The molecule has 1 amide bonds. The lowest BCUT2D eigenvalue weighted by molar-refractivity contribution is -0.130. The van der Waals surface area contributed by atoms with Crippen LogP contribution in [-0.2, 0) is 4.79 Å². The first-order valence-corrected chi connectivity index (χ1v) is 6.14. The van der Waals surface area contributed by atoms with Gasteiger partial charge < -0.3 is 9.80 Å². The molecule has 0 aliphatic carbocycles. The van der Waals surface area contributed by atoms with Crippen molar-refractivity contribution in [2.45, 2.75) is 39.4 Å². The summed E-state index contributed by atoms with van der Waals surface area (Å²) in [6.07, 6.45) is 1.25. The Labute approximate surface area is 99.0 Å². The Hall–Kier alpha value is -0.610. The summed E-state index contributed by atoms with van der Waals surface area (Å²) in [5.74, 6) is 0.714. The van der Waals surface area contributed by atoms with E-state index < -0.39 is 0 Å². The SMILES string of the molecule is CC1NC(C(C)C)N(CCCN(C)C)C1=O. The van der Waals surface area contributed by atoms with Gasteiger partial charge in [0.2, 0.25) is 5.91 Å². The van der Waals surface area contributed by atoms with Gasteiger partial charge in [0.15, 0.2) is 0 Å². The maximum absolute atomic E-state index is 11.9. The average Bonchev–Trinajstić information content (AvgIpc) is 2.45. The van der Waals surface area contributed by atoms with Gasteiger partial charge in [0.1, 0.15) is 0 Å². The molecule has 0 aromatic heterocycles. The molecule has 4 heteroatoms. The Bertz CT molecular complexity index is 240. The summed E-state index contributed by atoms with van der Waals surface area (Å²) >= 11 is 0. The third kappa shape index (κ3) is 3.19. The maximum Gasteiger partial charge on any atom is 0.240 e. The molecule has 4 nitrogen and oxygen atoms in total. The van der Waals surface area contributed by atoms with Crippen molar-refractivity contribution < 1.29 is 4.79 Å². The van der Waals surface area contributed by atoms with Crippen molar-refractivity contribution >= 4 is 5.91 Å². The van der Waals surface area contributed by atoms with Crippen LogP contribution in [0.4, 0.5) is 0 Å². The molecule has 1 fully saturated rings. The van der Waals surface area contributed by atoms with Crippen molar-refractivity contribution in [1.29, 1.82) is 0 Å². The standard InChI is InChI=1S/C12H25N3O/c1-9(2)11-13-10(3)12(16)15(11)8-6-7-14(4)5/h9-11,13H,6-8H2,1-5H3. The minimum atomic E-state index is -0.0215. The summed E-state index contributed by atoms with van der Waals surface area (Å²) in [4.78, 5) is 16.1. The summed E-state index contributed by atoms with van der Waals surface area (Å²) in [5.41, 5.74) is 0. The van der Waals surface area contributed by atoms with Gasteiger partial charge in [-0.15, -0.1) is 0 Å². The minimum absolute atomic E-state index is 0.0215. The molecule has 16 heavy (non-hydrogen) atoms. The molecule has 1 N–H and O–H groups in total. The van der Waals surface area contributed by atoms with Crippen molar-refractivity contribution in [2.24, 2.45) is 5.92 Å². The monoisotopic (exact) mass is 227 g/mol. The van der Waals surface area contributed by atoms with Crippen LogP contribution >= 0.6 is 0 Å². The van der Waals surface area contributed by atoms with Crippen LogP contribution in [0, 0.1) is 5.92 Å². The first-order valence-electron chi connectivity index (χ1n) is 6.14. The fraction of sp³-hybridized carbons (Fsp3) is 0.917. The highest BCUT2D eigenvalue weighted by Crippen LogP contribution is 2.17. The number of hydrogen-bond donors (Lipinski definition) is 1. The number of carbonyl (C=O) groups is 1. The Morgan fingerprint density at radius 3 is 2.56 bits per heavy atom. The zero-order valence-electron chi connectivity index (χ0n) is 11.2. The molecule has 1 aliphatic rings. The lowest BCUT2D eigenvalue weighted by Gasteiger charge is -2.27. The first kappa shape index (κ1) is 13.5. The van der Waals surface area contributed by atoms with Crippen molar-refractivity contribution in [1.82, 2.24) is 15.1 Å². The van der Waals surface area contributed by atoms with Gasteiger partial charge in [-0.3, -0.25) is 10.1 Å². The van der Waals surface area contributed by atoms with E-state index in [1.807, 2.05) is 11.8 Å². The number of hydrogen-bond acceptors (Lipinski definition) is 3. The van der Waals surface area contributed by atoms with Crippen molar-refractivity contribution in [3.05, 3.63) is 0 Å². The molecule has 0 aromatic rings. The largest absolute Gasteiger partial charge is 0.325 e. The number of nitrogens with one attached hydrogen (secondary N) is 1. The summed E-state index contributed by atoms with van der Waals surface area (Å²) in [6, 6.07) is -0.0215. The highest BCUT2D eigenvalue weighted by Gasteiger charge is 2.36. The van der Waals surface area contributed by atoms with Gasteiger partial charge in [0.05, 0.1) is 12.2 Å². The Kier molecular flexibility index (Phi) is 4.74. The second-order valence-electron chi connectivity index (χ2n) is 5.27. The van der Waals surface area contributed by atoms with Gasteiger partial charge in [-0.25, -0.2) is 0 Å². The molecule has 0 bridgehead atoms. The first-order chi connectivity index (χ1) is 7.43. The van der Waals surface area contributed by atoms with E-state index in [1.54, 1.807) is 0 Å². The van der Waals surface area contributed by atoms with Crippen LogP contribution in [0.3, 0.4) is 0 Å². The summed E-state index contributed by atoms with van der Waals surface area (Å²) in [6.45, 7) is 8.15. The zero-order chi connectivity index (χ0) is 12.3. The summed E-state index contributed by atoms with van der Waals surface area (Å²) in [7, 11) is 4.12. The molecule has 1 rings (SSSR count). The highest BCUT2D eigenvalue weighted by atomic mass is 16.2. The van der Waals surface area contributed by atoms with E-state index in [2.05, 4.69) is 38.2 Å². The minimum Gasteiger partial charge on any atom is -0.325 e. The quantitative estimate of drug-likeness (QED) is 0.752. The molecule has 94 valence electrons. The van der Waals surface area contributed by atoms with Gasteiger partial charge in [0, 0.05) is 6.54 Å². The molecule has 1 heterocycles. The smallest absolute Gasteiger partial charge is 0.240 e. The summed E-state index contributed by atoms with van der Waals surface area (Å²) < 4.78 is 0. The summed E-state index contributed by atoms with van der Waals surface area (Å²) in [5, 5.41) is 3.35. The molecule has 2 unspecified atom stereocenters. The number of carbonyl (C=O) groups excluding carboxylic acids is 1. The van der Waals surface area contributed by atoms with E-state index in [1.165, 1.54) is 0 Å². The van der Waals surface area contributed by atoms with Crippen LogP contribution in [0.2, 0.25) is 0 Å². The van der Waals surface area contributed by atoms with Crippen molar-refractivity contribution in [2.75, 3.05) is 27.2 Å². The van der Waals surface area contributed by atoms with Gasteiger partial charge in [-0.05, 0) is 39.9 Å². The van der Waals surface area contributed by atoms with Crippen LogP contribution in [0.15, 0.2) is 0 Å². The topological polar surface area (TPSA) is 35.6 Å². The fourth-order valence-corrected chi connectivity index (χ4v) is 2.16. The lowest BCUT2D eigenvalue weighted by atomic mass is 10.1. The Morgan fingerprint density at radius 2 is 2.06 bits per heavy atom. The van der Waals surface area contributed by atoms with E-state index in [0.29, 0.717) is 5.92 Å². The van der Waals surface area contributed by atoms with Gasteiger partial charge in [-0.2, -0.15) is 0 Å². The van der Waals surface area contributed by atoms with Crippen LogP contribution in [0.25, 0.3) is 0 Å². The molecular formula is C12H25N3O. The molecule has 1 aliphatic heterocycles. The zero-order valence-corrected chi connectivity index (χ0v) is 11.2. The van der Waals surface area contributed by atoms with Crippen LogP contribution in [0.1, 0.15) is 27.2 Å². The Morgan fingerprint density at radius 1 is 1.44 bits per heavy atom. The van der Waals surface area contributed by atoms with Gasteiger partial charge >= 0.3 is 0 Å². The normalized spacial score (nSPS) is 26.2. The van der Waals surface area contributed by atoms with E-state index >= 15 is 0 Å². The number of rotatable bonds is 5. The van der Waals surface area contributed by atoms with E-state index in [0.717, 1.165) is 19.5 Å². The van der Waals surface area contributed by atoms with Crippen molar-refractivity contribution in [3.63, 3.8) is 0 Å². The van der Waals surface area contributed by atoms with E-state index in [4.69, 9.17) is 0 Å². The molecule has 2 atom stereocenters. The molecule has 0 saturated carbocycles. The predicted octanol–water partition coefficient (Wildman–Crippen LogP) is 0.741. The lowest BCUT2D eigenvalue weighted by Crippen LogP contribution is -2.42. The molecule has 1 saturated heterocycles. The van der Waals surface area contributed by atoms with Crippen molar-refractivity contribution in [3.8, 4) is 0 Å². The van der Waals surface area contributed by atoms with Gasteiger partial charge in [-0.1, -0.05) is 13.8 Å². The molecule has 0 aromatic carbocycles. The fourth-order valence-electron chi connectivity index (χ4n) is 2.16. The molecule has 0 spiro atoms.